The molecule has 1 atom stereocenters. The summed E-state index contributed by atoms with van der Waals surface area (Å²) in [7, 11) is -3.60. The molecule has 0 spiro atoms. The van der Waals surface area contributed by atoms with E-state index in [-0.39, 0.29) is 6.61 Å². The van der Waals surface area contributed by atoms with Crippen LogP contribution in [0.3, 0.4) is 0 Å². The van der Waals surface area contributed by atoms with Gasteiger partial charge in [-0.3, -0.25) is 4.18 Å². The second-order valence-corrected chi connectivity index (χ2v) is 8.24. The molecule has 0 saturated heterocycles. The molecule has 1 aromatic rings. The highest BCUT2D eigenvalue weighted by Crippen LogP contribution is 2.12. The molecule has 6 nitrogen and oxygen atoms in total. The van der Waals surface area contributed by atoms with Crippen molar-refractivity contribution < 1.29 is 22.1 Å². The number of carbonyl (C=O) groups excluding carboxylic acids is 1. The van der Waals surface area contributed by atoms with Crippen molar-refractivity contribution in [2.24, 2.45) is 0 Å². The largest absolute Gasteiger partial charge is 0.444 e. The maximum Gasteiger partial charge on any atom is 0.407 e. The Balaban J connectivity index is 2.75. The summed E-state index contributed by atoms with van der Waals surface area (Å²) in [6.07, 6.45) is 0.708. The monoisotopic (exact) mass is 363 g/mol. The molecule has 1 unspecified atom stereocenters. The number of hydrogen-bond donors (Lipinski definition) is 1. The normalized spacial score (nSPS) is 13.4. The summed E-state index contributed by atoms with van der Waals surface area (Å²) in [5.41, 5.74) is 0.236. The number of carbonyl (C=O) groups is 1. The van der Waals surface area contributed by atoms with E-state index in [0.717, 1.165) is 11.8 Å². The number of benzene rings is 1. The summed E-state index contributed by atoms with van der Waals surface area (Å²) in [4.78, 5) is 11.9. The molecule has 0 heterocycles. The Labute approximate surface area is 142 Å². The molecule has 0 fully saturated rings. The first-order valence-corrected chi connectivity index (χ1v) is 9.22. The first-order valence-electron chi connectivity index (χ1n) is 7.03. The molecule has 0 aliphatic rings. The van der Waals surface area contributed by atoms with Gasteiger partial charge in [0.2, 0.25) is 0 Å². The minimum Gasteiger partial charge on any atom is -0.444 e. The fraction of sp³-hybridized carbons (Fsp3) is 0.533. The lowest BCUT2D eigenvalue weighted by atomic mass is 10.1. The molecule has 1 aromatic carbocycles. The fourth-order valence-electron chi connectivity index (χ4n) is 1.74. The number of alkyl carbamates (subject to hydrolysis) is 1. The minimum absolute atomic E-state index is 0.180. The highest BCUT2D eigenvalue weighted by atomic mass is 35.5. The summed E-state index contributed by atoms with van der Waals surface area (Å²) < 4.78 is 32.3. The van der Waals surface area contributed by atoms with Crippen LogP contribution in [0, 0.1) is 0 Å². The van der Waals surface area contributed by atoms with Crippen LogP contribution in [-0.2, 0) is 25.5 Å². The molecule has 0 radical (unpaired) electrons. The van der Waals surface area contributed by atoms with E-state index in [9.17, 15) is 13.2 Å². The first kappa shape index (κ1) is 19.7. The molecule has 1 rings (SSSR count). The molecule has 23 heavy (non-hydrogen) atoms. The number of ether oxygens (including phenoxy) is 1. The van der Waals surface area contributed by atoms with Gasteiger partial charge >= 0.3 is 6.09 Å². The number of nitrogens with one attached hydrogen (secondary N) is 1. The second kappa shape index (κ2) is 7.99. The van der Waals surface area contributed by atoms with Gasteiger partial charge in [-0.15, -0.1) is 0 Å². The number of halogens is 1. The molecule has 130 valence electrons. The van der Waals surface area contributed by atoms with Gasteiger partial charge < -0.3 is 10.1 Å². The molecule has 0 aliphatic heterocycles. The van der Waals surface area contributed by atoms with Crippen molar-refractivity contribution in [2.75, 3.05) is 12.9 Å². The summed E-state index contributed by atoms with van der Waals surface area (Å²) >= 11 is 5.83. The Hall–Kier alpha value is -1.31. The van der Waals surface area contributed by atoms with Crippen LogP contribution < -0.4 is 5.32 Å². The molecule has 0 saturated carbocycles. The van der Waals surface area contributed by atoms with Gasteiger partial charge in [0, 0.05) is 5.02 Å². The van der Waals surface area contributed by atoms with Crippen LogP contribution in [0.5, 0.6) is 0 Å². The lowest BCUT2D eigenvalue weighted by Gasteiger charge is -2.23. The highest BCUT2D eigenvalue weighted by molar-refractivity contribution is 7.85. The van der Waals surface area contributed by atoms with Gasteiger partial charge in [-0.2, -0.15) is 8.42 Å². The summed E-state index contributed by atoms with van der Waals surface area (Å²) in [6, 6.07) is 6.48. The SMILES string of the molecule is CC(C)(C)OC(=O)NC(COS(C)(=O)=O)Cc1ccc(Cl)cc1. The van der Waals surface area contributed by atoms with E-state index in [4.69, 9.17) is 20.5 Å². The smallest absolute Gasteiger partial charge is 0.407 e. The molecule has 0 bridgehead atoms. The third-order valence-electron chi connectivity index (χ3n) is 2.60. The molecule has 0 aliphatic carbocycles. The summed E-state index contributed by atoms with van der Waals surface area (Å²) in [5.74, 6) is 0. The maximum absolute atomic E-state index is 11.9. The predicted molar refractivity (Wildman–Crippen MR) is 89.1 cm³/mol. The number of hydrogen-bond acceptors (Lipinski definition) is 5. The van der Waals surface area contributed by atoms with Crippen molar-refractivity contribution in [1.29, 1.82) is 0 Å². The zero-order valence-corrected chi connectivity index (χ0v) is 15.2. The van der Waals surface area contributed by atoms with Crippen LogP contribution in [0.4, 0.5) is 4.79 Å². The molecular weight excluding hydrogens is 342 g/mol. The van der Waals surface area contributed by atoms with E-state index in [0.29, 0.717) is 11.4 Å². The van der Waals surface area contributed by atoms with Gasteiger partial charge in [0.1, 0.15) is 5.60 Å². The van der Waals surface area contributed by atoms with Gasteiger partial charge in [0.15, 0.2) is 0 Å². The highest BCUT2D eigenvalue weighted by Gasteiger charge is 2.21. The predicted octanol–water partition coefficient (Wildman–Crippen LogP) is 2.75. The van der Waals surface area contributed by atoms with Crippen molar-refractivity contribution in [1.82, 2.24) is 5.32 Å². The Morgan fingerprint density at radius 1 is 1.26 bits per heavy atom. The lowest BCUT2D eigenvalue weighted by Crippen LogP contribution is -2.43. The van der Waals surface area contributed by atoms with Crippen LogP contribution in [-0.4, -0.2) is 39.0 Å². The Morgan fingerprint density at radius 2 is 1.83 bits per heavy atom. The van der Waals surface area contributed by atoms with E-state index in [2.05, 4.69) is 5.32 Å². The van der Waals surface area contributed by atoms with Gasteiger partial charge in [0.25, 0.3) is 10.1 Å². The maximum atomic E-state index is 11.9. The van der Waals surface area contributed by atoms with E-state index in [1.165, 1.54) is 0 Å². The Morgan fingerprint density at radius 3 is 2.30 bits per heavy atom. The molecule has 0 aromatic heterocycles. The van der Waals surface area contributed by atoms with E-state index in [1.54, 1.807) is 45.0 Å². The third kappa shape index (κ3) is 9.43. The van der Waals surface area contributed by atoms with Gasteiger partial charge in [-0.1, -0.05) is 23.7 Å². The quantitative estimate of drug-likeness (QED) is 0.786. The number of rotatable bonds is 6. The van der Waals surface area contributed by atoms with Gasteiger partial charge in [-0.25, -0.2) is 4.79 Å². The average Bonchev–Trinajstić information content (AvgIpc) is 2.35. The Bertz CT molecular complexity index is 622. The van der Waals surface area contributed by atoms with Crippen molar-refractivity contribution in [2.45, 2.75) is 38.8 Å². The first-order chi connectivity index (χ1) is 10.4. The molecule has 1 amide bonds. The zero-order valence-electron chi connectivity index (χ0n) is 13.6. The van der Waals surface area contributed by atoms with Crippen molar-refractivity contribution >= 4 is 27.8 Å². The van der Waals surface area contributed by atoms with Crippen LogP contribution >= 0.6 is 11.6 Å². The van der Waals surface area contributed by atoms with E-state index >= 15 is 0 Å². The van der Waals surface area contributed by atoms with Gasteiger partial charge in [0.05, 0.1) is 18.9 Å². The minimum atomic E-state index is -3.60. The van der Waals surface area contributed by atoms with Crippen LogP contribution in [0.2, 0.25) is 5.02 Å². The standard InChI is InChI=1S/C15H22ClNO5S/c1-15(2,3)22-14(18)17-13(10-21-23(4,19)20)9-11-5-7-12(16)8-6-11/h5-8,13H,9-10H2,1-4H3,(H,17,18). The van der Waals surface area contributed by atoms with E-state index in [1.807, 2.05) is 0 Å². The van der Waals surface area contributed by atoms with Crippen molar-refractivity contribution in [3.8, 4) is 0 Å². The number of amides is 1. The molecule has 1 N–H and O–H groups in total. The molecule has 8 heteroatoms. The zero-order chi connectivity index (χ0) is 17.7. The lowest BCUT2D eigenvalue weighted by molar-refractivity contribution is 0.0488. The van der Waals surface area contributed by atoms with Crippen LogP contribution in [0.15, 0.2) is 24.3 Å². The van der Waals surface area contributed by atoms with E-state index < -0.39 is 27.9 Å². The van der Waals surface area contributed by atoms with Crippen molar-refractivity contribution in [3.63, 3.8) is 0 Å². The van der Waals surface area contributed by atoms with Crippen LogP contribution in [0.1, 0.15) is 26.3 Å². The van der Waals surface area contributed by atoms with Crippen LogP contribution in [0.25, 0.3) is 0 Å². The Kier molecular flexibility index (Phi) is 6.85. The fourth-order valence-corrected chi connectivity index (χ4v) is 2.27. The third-order valence-corrected chi connectivity index (χ3v) is 3.42. The van der Waals surface area contributed by atoms with Crippen molar-refractivity contribution in [3.05, 3.63) is 34.9 Å². The molecular formula is C15H22ClNO5S. The second-order valence-electron chi connectivity index (χ2n) is 6.16. The topological polar surface area (TPSA) is 81.7 Å². The summed E-state index contributed by atoms with van der Waals surface area (Å²) in [5, 5.41) is 3.22. The van der Waals surface area contributed by atoms with Gasteiger partial charge in [-0.05, 0) is 44.9 Å². The average molecular weight is 364 g/mol. The summed E-state index contributed by atoms with van der Waals surface area (Å²) in [6.45, 7) is 5.05.